The topological polar surface area (TPSA) is 104 Å². The molecule has 0 atom stereocenters. The maximum Gasteiger partial charge on any atom is 0.337 e. The third kappa shape index (κ3) is 4.53. The van der Waals surface area contributed by atoms with Gasteiger partial charge in [-0.2, -0.15) is 4.98 Å². The molecule has 1 aromatic carbocycles. The van der Waals surface area contributed by atoms with Crippen molar-refractivity contribution < 1.29 is 23.6 Å². The van der Waals surface area contributed by atoms with Gasteiger partial charge in [-0.3, -0.25) is 4.79 Å². The molecular weight excluding hydrogens is 338 g/mol. The van der Waals surface area contributed by atoms with E-state index in [0.29, 0.717) is 29.3 Å². The van der Waals surface area contributed by atoms with Crippen LogP contribution in [0.2, 0.25) is 5.02 Å². The van der Waals surface area contributed by atoms with Crippen molar-refractivity contribution in [3.63, 3.8) is 0 Å². The Morgan fingerprint density at radius 1 is 1.33 bits per heavy atom. The monoisotopic (exact) mass is 353 g/mol. The van der Waals surface area contributed by atoms with E-state index in [1.807, 2.05) is 0 Å². The number of benzene rings is 1. The minimum atomic E-state index is -0.486. The highest BCUT2D eigenvalue weighted by molar-refractivity contribution is 6.31. The summed E-state index contributed by atoms with van der Waals surface area (Å²) < 4.78 is 14.4. The Kier molecular flexibility index (Phi) is 6.28. The van der Waals surface area contributed by atoms with Crippen molar-refractivity contribution in [2.24, 2.45) is 0 Å². The molecule has 0 aliphatic rings. The number of methoxy groups -OCH3 is 2. The Morgan fingerprint density at radius 3 is 2.83 bits per heavy atom. The minimum absolute atomic E-state index is 0.152. The fourth-order valence-electron chi connectivity index (χ4n) is 1.89. The maximum atomic E-state index is 11.8. The van der Waals surface area contributed by atoms with Gasteiger partial charge in [0.25, 0.3) is 0 Å². The van der Waals surface area contributed by atoms with Gasteiger partial charge < -0.3 is 19.3 Å². The molecule has 0 aliphatic heterocycles. The number of halogens is 1. The Morgan fingerprint density at radius 2 is 2.12 bits per heavy atom. The second-order valence-corrected chi connectivity index (χ2v) is 5.15. The summed E-state index contributed by atoms with van der Waals surface area (Å²) in [4.78, 5) is 27.4. The number of esters is 1. The zero-order valence-corrected chi connectivity index (χ0v) is 13.9. The van der Waals surface area contributed by atoms with Gasteiger partial charge in [0, 0.05) is 25.1 Å². The van der Waals surface area contributed by atoms with Gasteiger partial charge in [0.1, 0.15) is 0 Å². The molecule has 1 aromatic heterocycles. The van der Waals surface area contributed by atoms with Gasteiger partial charge in [-0.15, -0.1) is 0 Å². The van der Waals surface area contributed by atoms with Crippen LogP contribution in [0.5, 0.6) is 0 Å². The van der Waals surface area contributed by atoms with Gasteiger partial charge in [-0.25, -0.2) is 4.79 Å². The van der Waals surface area contributed by atoms with Crippen LogP contribution >= 0.6 is 11.6 Å². The van der Waals surface area contributed by atoms with Crippen LogP contribution in [-0.2, 0) is 15.9 Å². The van der Waals surface area contributed by atoms with Gasteiger partial charge in [0.2, 0.25) is 0 Å². The van der Waals surface area contributed by atoms with Gasteiger partial charge in [0.05, 0.1) is 19.3 Å². The molecule has 128 valence electrons. The second kappa shape index (κ2) is 8.42. The summed E-state index contributed by atoms with van der Waals surface area (Å²) in [6.07, 6.45) is 0.207. The smallest absolute Gasteiger partial charge is 0.337 e. The highest BCUT2D eigenvalue weighted by Gasteiger charge is 2.16. The lowest BCUT2D eigenvalue weighted by Gasteiger charge is -2.04. The summed E-state index contributed by atoms with van der Waals surface area (Å²) in [5.74, 6) is -0.836. The Bertz CT molecular complexity index is 732. The molecule has 2 aromatic rings. The van der Waals surface area contributed by atoms with Gasteiger partial charge in [0.15, 0.2) is 5.82 Å². The second-order valence-electron chi connectivity index (χ2n) is 4.74. The Labute approximate surface area is 143 Å². The third-order valence-electron chi connectivity index (χ3n) is 3.07. The first kappa shape index (κ1) is 17.9. The molecule has 9 heteroatoms. The zero-order valence-electron chi connectivity index (χ0n) is 13.2. The van der Waals surface area contributed by atoms with E-state index in [9.17, 15) is 9.59 Å². The zero-order chi connectivity index (χ0) is 17.5. The van der Waals surface area contributed by atoms with Crippen LogP contribution in [0.25, 0.3) is 0 Å². The van der Waals surface area contributed by atoms with Crippen molar-refractivity contribution in [1.82, 2.24) is 15.5 Å². The average molecular weight is 354 g/mol. The first-order chi connectivity index (χ1) is 11.5. The fourth-order valence-corrected chi connectivity index (χ4v) is 2.07. The first-order valence-corrected chi connectivity index (χ1v) is 7.39. The molecule has 0 aliphatic carbocycles. The molecule has 0 saturated heterocycles. The highest BCUT2D eigenvalue weighted by Crippen LogP contribution is 2.20. The predicted molar refractivity (Wildman–Crippen MR) is 84.1 cm³/mol. The summed E-state index contributed by atoms with van der Waals surface area (Å²) in [6, 6.07) is 4.73. The van der Waals surface area contributed by atoms with Crippen LogP contribution in [0.1, 0.15) is 32.4 Å². The SMILES string of the molecule is COCCNC(=O)c1nc(Cc2cc(C(=O)OC)ccc2Cl)no1. The highest BCUT2D eigenvalue weighted by atomic mass is 35.5. The molecular formula is C15H16ClN3O5. The molecule has 2 rings (SSSR count). The number of carbonyl (C=O) groups is 2. The van der Waals surface area contributed by atoms with Crippen LogP contribution in [0.4, 0.5) is 0 Å². The molecule has 0 radical (unpaired) electrons. The van der Waals surface area contributed by atoms with Gasteiger partial charge in [-0.05, 0) is 23.8 Å². The molecule has 0 spiro atoms. The molecule has 0 bridgehead atoms. The normalized spacial score (nSPS) is 10.5. The number of nitrogens with one attached hydrogen (secondary N) is 1. The number of ether oxygens (including phenoxy) is 2. The van der Waals surface area contributed by atoms with E-state index in [4.69, 9.17) is 20.9 Å². The predicted octanol–water partition coefficient (Wildman–Crippen LogP) is 1.48. The molecule has 0 fully saturated rings. The number of carbonyl (C=O) groups excluding carboxylic acids is 2. The molecule has 8 nitrogen and oxygen atoms in total. The number of nitrogens with zero attached hydrogens (tertiary/aromatic N) is 2. The molecule has 1 heterocycles. The lowest BCUT2D eigenvalue weighted by Crippen LogP contribution is -2.27. The van der Waals surface area contributed by atoms with Crippen molar-refractivity contribution in [2.75, 3.05) is 27.4 Å². The van der Waals surface area contributed by atoms with Crippen molar-refractivity contribution in [3.8, 4) is 0 Å². The van der Waals surface area contributed by atoms with Crippen LogP contribution in [0.3, 0.4) is 0 Å². The van der Waals surface area contributed by atoms with E-state index in [2.05, 4.69) is 20.2 Å². The van der Waals surface area contributed by atoms with Crippen molar-refractivity contribution in [3.05, 3.63) is 46.1 Å². The summed E-state index contributed by atoms with van der Waals surface area (Å²) in [5, 5.41) is 6.76. The summed E-state index contributed by atoms with van der Waals surface area (Å²) >= 11 is 6.12. The van der Waals surface area contributed by atoms with Gasteiger partial charge in [-0.1, -0.05) is 16.8 Å². The number of amides is 1. The van der Waals surface area contributed by atoms with E-state index in [1.54, 1.807) is 18.2 Å². The largest absolute Gasteiger partial charge is 0.465 e. The third-order valence-corrected chi connectivity index (χ3v) is 3.44. The molecule has 0 unspecified atom stereocenters. The van der Waals surface area contributed by atoms with Crippen molar-refractivity contribution in [1.29, 1.82) is 0 Å². The lowest BCUT2D eigenvalue weighted by molar-refractivity contribution is 0.0600. The minimum Gasteiger partial charge on any atom is -0.465 e. The van der Waals surface area contributed by atoms with Crippen LogP contribution < -0.4 is 5.32 Å². The standard InChI is InChI=1S/C15H16ClN3O5/c1-22-6-5-17-13(20)14-18-12(19-24-14)8-10-7-9(15(21)23-2)3-4-11(10)16/h3-4,7H,5-6,8H2,1-2H3,(H,17,20). The first-order valence-electron chi connectivity index (χ1n) is 7.01. The van der Waals surface area contributed by atoms with E-state index in [1.165, 1.54) is 14.2 Å². The Balaban J connectivity index is 2.09. The fraction of sp³-hybridized carbons (Fsp3) is 0.333. The molecule has 1 amide bonds. The van der Waals surface area contributed by atoms with E-state index in [-0.39, 0.29) is 18.1 Å². The molecule has 1 N–H and O–H groups in total. The summed E-state index contributed by atoms with van der Waals surface area (Å²) in [5.41, 5.74) is 0.977. The average Bonchev–Trinajstić information content (AvgIpc) is 3.05. The number of rotatable bonds is 7. The van der Waals surface area contributed by atoms with Crippen molar-refractivity contribution >= 4 is 23.5 Å². The number of aromatic nitrogens is 2. The summed E-state index contributed by atoms with van der Waals surface area (Å²) in [6.45, 7) is 0.711. The van der Waals surface area contributed by atoms with Gasteiger partial charge >= 0.3 is 17.8 Å². The van der Waals surface area contributed by atoms with Crippen LogP contribution in [0, 0.1) is 0 Å². The van der Waals surface area contributed by atoms with E-state index < -0.39 is 11.9 Å². The number of hydrogen-bond acceptors (Lipinski definition) is 7. The molecule has 24 heavy (non-hydrogen) atoms. The Hall–Kier alpha value is -2.45. The van der Waals surface area contributed by atoms with Crippen LogP contribution in [0.15, 0.2) is 22.7 Å². The summed E-state index contributed by atoms with van der Waals surface area (Å²) in [7, 11) is 2.83. The maximum absolute atomic E-state index is 11.8. The quantitative estimate of drug-likeness (QED) is 0.593. The van der Waals surface area contributed by atoms with E-state index in [0.717, 1.165) is 0 Å². The van der Waals surface area contributed by atoms with E-state index >= 15 is 0 Å². The van der Waals surface area contributed by atoms with Crippen LogP contribution in [-0.4, -0.2) is 49.4 Å². The van der Waals surface area contributed by atoms with Crippen molar-refractivity contribution in [2.45, 2.75) is 6.42 Å². The lowest BCUT2D eigenvalue weighted by atomic mass is 10.1. The number of hydrogen-bond donors (Lipinski definition) is 1. The molecule has 0 saturated carbocycles.